The number of ether oxygens (including phenoxy) is 1. The van der Waals surface area contributed by atoms with Crippen molar-refractivity contribution in [2.75, 3.05) is 6.54 Å². The van der Waals surface area contributed by atoms with Crippen molar-refractivity contribution in [3.05, 3.63) is 29.8 Å². The van der Waals surface area contributed by atoms with E-state index in [1.165, 1.54) is 18.4 Å². The first kappa shape index (κ1) is 10.5. The number of nitrogens with one attached hydrogen (secondary N) is 1. The Kier molecular flexibility index (Phi) is 3.62. The van der Waals surface area contributed by atoms with Crippen molar-refractivity contribution < 1.29 is 4.74 Å². The zero-order chi connectivity index (χ0) is 10.5. The molecule has 0 aromatic heterocycles. The lowest BCUT2D eigenvalue weighted by Crippen LogP contribution is -2.38. The maximum Gasteiger partial charge on any atom is 0.150 e. The molecule has 1 saturated heterocycles. The van der Waals surface area contributed by atoms with Crippen molar-refractivity contribution in [3.63, 3.8) is 0 Å². The Hall–Kier alpha value is -1.02. The molecule has 1 aliphatic rings. The minimum Gasteiger partial charge on any atom is -0.475 e. The fourth-order valence-corrected chi connectivity index (χ4v) is 1.92. The number of hydrogen-bond donors (Lipinski definition) is 1. The summed E-state index contributed by atoms with van der Waals surface area (Å²) in [5.41, 5.74) is 1.34. The Bertz CT molecular complexity index is 305. The maximum atomic E-state index is 5.89. The minimum absolute atomic E-state index is 0.214. The second-order valence-corrected chi connectivity index (χ2v) is 4.06. The second kappa shape index (κ2) is 5.17. The predicted molar refractivity (Wildman–Crippen MR) is 62.1 cm³/mol. The first-order valence-electron chi connectivity index (χ1n) is 5.87. The number of aryl methyl sites for hydroxylation is 1. The Morgan fingerprint density at radius 2 is 2.33 bits per heavy atom. The summed E-state index contributed by atoms with van der Waals surface area (Å²) < 4.78 is 5.89. The standard InChI is InChI=1S/C13H19NO/c1-2-11-6-5-7-12(10-11)15-13-8-3-4-9-14-13/h5-7,10,13-14H,2-4,8-9H2,1H3. The van der Waals surface area contributed by atoms with E-state index in [0.717, 1.165) is 25.1 Å². The van der Waals surface area contributed by atoms with Crippen LogP contribution in [0.1, 0.15) is 31.7 Å². The average Bonchev–Trinajstić information content (AvgIpc) is 2.31. The number of piperidine rings is 1. The van der Waals surface area contributed by atoms with Crippen LogP contribution >= 0.6 is 0 Å². The molecule has 0 spiro atoms. The van der Waals surface area contributed by atoms with Gasteiger partial charge in [-0.2, -0.15) is 0 Å². The van der Waals surface area contributed by atoms with E-state index in [1.54, 1.807) is 0 Å². The van der Waals surface area contributed by atoms with E-state index in [1.807, 2.05) is 6.07 Å². The molecule has 1 fully saturated rings. The van der Waals surface area contributed by atoms with Gasteiger partial charge in [0.1, 0.15) is 12.0 Å². The van der Waals surface area contributed by atoms with Crippen LogP contribution in [0.5, 0.6) is 5.75 Å². The van der Waals surface area contributed by atoms with E-state index < -0.39 is 0 Å². The summed E-state index contributed by atoms with van der Waals surface area (Å²) >= 11 is 0. The van der Waals surface area contributed by atoms with Gasteiger partial charge in [-0.3, -0.25) is 5.32 Å². The first-order valence-corrected chi connectivity index (χ1v) is 5.87. The van der Waals surface area contributed by atoms with E-state index in [2.05, 4.69) is 30.4 Å². The van der Waals surface area contributed by atoms with Gasteiger partial charge in [0.25, 0.3) is 0 Å². The van der Waals surface area contributed by atoms with Gasteiger partial charge in [0.05, 0.1) is 0 Å². The van der Waals surface area contributed by atoms with Crippen molar-refractivity contribution in [2.24, 2.45) is 0 Å². The molecular weight excluding hydrogens is 186 g/mol. The molecule has 2 rings (SSSR count). The Morgan fingerprint density at radius 3 is 3.07 bits per heavy atom. The molecule has 1 unspecified atom stereocenters. The van der Waals surface area contributed by atoms with Crippen LogP contribution in [0.25, 0.3) is 0 Å². The summed E-state index contributed by atoms with van der Waals surface area (Å²) in [6.45, 7) is 3.25. The summed E-state index contributed by atoms with van der Waals surface area (Å²) in [5, 5.41) is 3.38. The van der Waals surface area contributed by atoms with E-state index in [4.69, 9.17) is 4.74 Å². The zero-order valence-electron chi connectivity index (χ0n) is 9.33. The summed E-state index contributed by atoms with van der Waals surface area (Å²) in [7, 11) is 0. The number of benzene rings is 1. The monoisotopic (exact) mass is 205 g/mol. The summed E-state index contributed by atoms with van der Waals surface area (Å²) in [6, 6.07) is 8.38. The van der Waals surface area contributed by atoms with Gasteiger partial charge in [0.2, 0.25) is 0 Å². The molecule has 2 nitrogen and oxygen atoms in total. The van der Waals surface area contributed by atoms with Crippen LogP contribution in [0, 0.1) is 0 Å². The minimum atomic E-state index is 0.214. The molecule has 0 bridgehead atoms. The van der Waals surface area contributed by atoms with Gasteiger partial charge >= 0.3 is 0 Å². The van der Waals surface area contributed by atoms with E-state index >= 15 is 0 Å². The summed E-state index contributed by atoms with van der Waals surface area (Å²) in [6.07, 6.45) is 4.94. The highest BCUT2D eigenvalue weighted by molar-refractivity contribution is 5.28. The van der Waals surface area contributed by atoms with Crippen molar-refractivity contribution in [1.82, 2.24) is 5.32 Å². The Labute approximate surface area is 91.6 Å². The Balaban J connectivity index is 1.96. The lowest BCUT2D eigenvalue weighted by Gasteiger charge is -2.24. The average molecular weight is 205 g/mol. The van der Waals surface area contributed by atoms with Gasteiger partial charge in [0.15, 0.2) is 0 Å². The van der Waals surface area contributed by atoms with Crippen LogP contribution in [-0.2, 0) is 6.42 Å². The SMILES string of the molecule is CCc1cccc(OC2CCCCN2)c1. The smallest absolute Gasteiger partial charge is 0.150 e. The van der Waals surface area contributed by atoms with Crippen molar-refractivity contribution in [3.8, 4) is 5.75 Å². The number of rotatable bonds is 3. The lowest BCUT2D eigenvalue weighted by molar-refractivity contribution is 0.132. The fourth-order valence-electron chi connectivity index (χ4n) is 1.92. The van der Waals surface area contributed by atoms with E-state index in [-0.39, 0.29) is 6.23 Å². The molecule has 0 saturated carbocycles. The van der Waals surface area contributed by atoms with Crippen molar-refractivity contribution >= 4 is 0 Å². The highest BCUT2D eigenvalue weighted by Gasteiger charge is 2.13. The van der Waals surface area contributed by atoms with Crippen LogP contribution < -0.4 is 10.1 Å². The maximum absolute atomic E-state index is 5.89. The second-order valence-electron chi connectivity index (χ2n) is 4.06. The van der Waals surface area contributed by atoms with E-state index in [9.17, 15) is 0 Å². The molecule has 15 heavy (non-hydrogen) atoms. The molecule has 1 N–H and O–H groups in total. The molecule has 2 heteroatoms. The highest BCUT2D eigenvalue weighted by atomic mass is 16.5. The molecule has 0 amide bonds. The largest absolute Gasteiger partial charge is 0.475 e. The number of hydrogen-bond acceptors (Lipinski definition) is 2. The summed E-state index contributed by atoms with van der Waals surface area (Å²) in [4.78, 5) is 0. The van der Waals surface area contributed by atoms with Crippen LogP contribution in [0.15, 0.2) is 24.3 Å². The fraction of sp³-hybridized carbons (Fsp3) is 0.538. The van der Waals surface area contributed by atoms with Crippen LogP contribution in [0.4, 0.5) is 0 Å². The topological polar surface area (TPSA) is 21.3 Å². The molecule has 1 aliphatic heterocycles. The molecular formula is C13H19NO. The third-order valence-electron chi connectivity index (χ3n) is 2.85. The van der Waals surface area contributed by atoms with E-state index in [0.29, 0.717) is 0 Å². The van der Waals surface area contributed by atoms with Crippen molar-refractivity contribution in [2.45, 2.75) is 38.8 Å². The Morgan fingerprint density at radius 1 is 1.40 bits per heavy atom. The third kappa shape index (κ3) is 2.96. The molecule has 1 aromatic carbocycles. The normalized spacial score (nSPS) is 21.3. The molecule has 82 valence electrons. The van der Waals surface area contributed by atoms with Gasteiger partial charge < -0.3 is 4.74 Å². The zero-order valence-corrected chi connectivity index (χ0v) is 9.33. The molecule has 1 aromatic rings. The van der Waals surface area contributed by atoms with Gasteiger partial charge in [-0.1, -0.05) is 19.1 Å². The lowest BCUT2D eigenvalue weighted by atomic mass is 10.1. The van der Waals surface area contributed by atoms with Gasteiger partial charge in [-0.05, 0) is 49.9 Å². The first-order chi connectivity index (χ1) is 7.38. The molecule has 1 heterocycles. The predicted octanol–water partition coefficient (Wildman–Crippen LogP) is 2.73. The third-order valence-corrected chi connectivity index (χ3v) is 2.85. The molecule has 0 radical (unpaired) electrons. The molecule has 0 aliphatic carbocycles. The van der Waals surface area contributed by atoms with Crippen LogP contribution in [0.3, 0.4) is 0 Å². The van der Waals surface area contributed by atoms with Crippen LogP contribution in [-0.4, -0.2) is 12.8 Å². The molecule has 1 atom stereocenters. The van der Waals surface area contributed by atoms with Gasteiger partial charge in [-0.15, -0.1) is 0 Å². The summed E-state index contributed by atoms with van der Waals surface area (Å²) in [5.74, 6) is 0.994. The van der Waals surface area contributed by atoms with Gasteiger partial charge in [0, 0.05) is 0 Å². The van der Waals surface area contributed by atoms with Crippen molar-refractivity contribution in [1.29, 1.82) is 0 Å². The highest BCUT2D eigenvalue weighted by Crippen LogP contribution is 2.17. The van der Waals surface area contributed by atoms with Gasteiger partial charge in [-0.25, -0.2) is 0 Å². The quantitative estimate of drug-likeness (QED) is 0.819. The van der Waals surface area contributed by atoms with Crippen LogP contribution in [0.2, 0.25) is 0 Å².